The van der Waals surface area contributed by atoms with Crippen molar-refractivity contribution in [2.45, 2.75) is 24.5 Å². The van der Waals surface area contributed by atoms with Crippen LogP contribution in [-0.2, 0) is 27.9 Å². The fourth-order valence-electron chi connectivity index (χ4n) is 3.09. The van der Waals surface area contributed by atoms with E-state index >= 15 is 0 Å². The fraction of sp³-hybridized carbons (Fsp3) is 0.583. The largest absolute Gasteiger partial charge is 0.470 e. The van der Waals surface area contributed by atoms with E-state index in [-0.39, 0.29) is 11.2 Å². The molecular formula is C12H17N4O10P. The molecule has 1 fully saturated rings. The Balaban J connectivity index is 2.20. The molecule has 3 heterocycles. The van der Waals surface area contributed by atoms with E-state index in [9.17, 15) is 29.2 Å². The van der Waals surface area contributed by atoms with Crippen LogP contribution in [0.3, 0.4) is 0 Å². The van der Waals surface area contributed by atoms with Crippen molar-refractivity contribution >= 4 is 19.0 Å². The summed E-state index contributed by atoms with van der Waals surface area (Å²) < 4.78 is 23.4. The molecule has 4 atom stereocenters. The Bertz CT molecular complexity index is 1110. The van der Waals surface area contributed by atoms with E-state index in [2.05, 4.69) is 9.51 Å². The highest BCUT2D eigenvalue weighted by Crippen LogP contribution is 2.43. The third kappa shape index (κ3) is 3.10. The van der Waals surface area contributed by atoms with Crippen molar-refractivity contribution in [3.8, 4) is 0 Å². The second kappa shape index (κ2) is 6.53. The van der Waals surface area contributed by atoms with Gasteiger partial charge in [-0.15, -0.1) is 0 Å². The number of aromatic nitrogens is 4. The molecule has 2 aromatic heterocycles. The number of H-pyrrole nitrogens is 1. The standard InChI is InChI=1S/C12H17N4O10P/c1-14-8-5(9(19)15(2)12(14)21)13-11(20)16(8)10-6(18)7(4(3-17)25-10)26-27(22,23)24/h4,6-7,10,17-18H,3H2,1-2H3,(H,13,20)(H2,22,23,24)/t4-,6-,7-,10-/m1/s1. The number of ether oxygens (including phenoxy) is 1. The Morgan fingerprint density at radius 2 is 1.85 bits per heavy atom. The maximum Gasteiger partial charge on any atom is 0.470 e. The van der Waals surface area contributed by atoms with Gasteiger partial charge in [0.2, 0.25) is 0 Å². The van der Waals surface area contributed by atoms with Crippen molar-refractivity contribution < 1.29 is 33.8 Å². The van der Waals surface area contributed by atoms with Crippen LogP contribution < -0.4 is 16.9 Å². The van der Waals surface area contributed by atoms with Gasteiger partial charge in [0.05, 0.1) is 6.61 Å². The van der Waals surface area contributed by atoms with Crippen molar-refractivity contribution in [1.29, 1.82) is 0 Å². The zero-order valence-electron chi connectivity index (χ0n) is 14.0. The monoisotopic (exact) mass is 408 g/mol. The van der Waals surface area contributed by atoms with E-state index in [4.69, 9.17) is 14.5 Å². The van der Waals surface area contributed by atoms with E-state index in [0.717, 1.165) is 13.7 Å². The Morgan fingerprint density at radius 3 is 2.41 bits per heavy atom. The molecule has 0 unspecified atom stereocenters. The highest BCUT2D eigenvalue weighted by atomic mass is 31.2. The molecule has 0 aliphatic carbocycles. The molecule has 2 aromatic rings. The number of nitrogens with one attached hydrogen (secondary N) is 1. The molecule has 15 heteroatoms. The molecular weight excluding hydrogens is 391 g/mol. The molecule has 14 nitrogen and oxygen atoms in total. The molecule has 5 N–H and O–H groups in total. The van der Waals surface area contributed by atoms with Crippen LogP contribution >= 0.6 is 7.82 Å². The number of nitrogens with zero attached hydrogens (tertiary/aromatic N) is 3. The number of hydrogen-bond acceptors (Lipinski definition) is 8. The van der Waals surface area contributed by atoms with Crippen LogP contribution in [0.1, 0.15) is 6.23 Å². The van der Waals surface area contributed by atoms with Crippen LogP contribution in [0.15, 0.2) is 14.4 Å². The summed E-state index contributed by atoms with van der Waals surface area (Å²) in [6.07, 6.45) is -6.43. The van der Waals surface area contributed by atoms with Crippen LogP contribution in [0, 0.1) is 0 Å². The Hall–Kier alpha value is -2.06. The molecule has 3 rings (SSSR count). The van der Waals surface area contributed by atoms with E-state index in [1.807, 2.05) is 0 Å². The minimum Gasteiger partial charge on any atom is -0.394 e. The maximum atomic E-state index is 12.4. The average molecular weight is 408 g/mol. The zero-order chi connectivity index (χ0) is 20.3. The van der Waals surface area contributed by atoms with Crippen molar-refractivity contribution in [2.75, 3.05) is 6.61 Å². The summed E-state index contributed by atoms with van der Waals surface area (Å²) >= 11 is 0. The summed E-state index contributed by atoms with van der Waals surface area (Å²) in [4.78, 5) is 57.0. The number of aromatic amines is 1. The SMILES string of the molecule is Cn1c(=O)c2[nH]c(=O)n([C@@H]3O[C@H](CO)[C@@H](OP(=O)(O)O)[C@H]3O)c2n(C)c1=O. The normalized spacial score (nSPS) is 26.1. The summed E-state index contributed by atoms with van der Waals surface area (Å²) in [5.41, 5.74) is -2.90. The highest BCUT2D eigenvalue weighted by molar-refractivity contribution is 7.46. The minimum absolute atomic E-state index is 0.203. The highest BCUT2D eigenvalue weighted by Gasteiger charge is 2.49. The number of aliphatic hydroxyl groups is 2. The van der Waals surface area contributed by atoms with Crippen molar-refractivity contribution in [3.05, 3.63) is 31.3 Å². The number of fused-ring (bicyclic) bond motifs is 1. The van der Waals surface area contributed by atoms with Crippen LogP contribution in [0.5, 0.6) is 0 Å². The summed E-state index contributed by atoms with van der Waals surface area (Å²) in [5.74, 6) is 0. The number of imidazole rings is 1. The van der Waals surface area contributed by atoms with E-state index in [0.29, 0.717) is 0 Å². The van der Waals surface area contributed by atoms with Gasteiger partial charge in [0.1, 0.15) is 18.3 Å². The third-order valence-electron chi connectivity index (χ3n) is 4.32. The van der Waals surface area contributed by atoms with Gasteiger partial charge < -0.3 is 24.7 Å². The number of rotatable bonds is 4. The summed E-state index contributed by atoms with van der Waals surface area (Å²) in [6, 6.07) is 0. The average Bonchev–Trinajstić information content (AvgIpc) is 3.07. The van der Waals surface area contributed by atoms with Crippen molar-refractivity contribution in [1.82, 2.24) is 18.7 Å². The van der Waals surface area contributed by atoms with Crippen LogP contribution in [-0.4, -0.2) is 63.6 Å². The van der Waals surface area contributed by atoms with Gasteiger partial charge in [0.15, 0.2) is 17.4 Å². The number of aryl methyl sites for hydroxylation is 1. The predicted octanol–water partition coefficient (Wildman–Crippen LogP) is -3.54. The van der Waals surface area contributed by atoms with E-state index < -0.39 is 55.9 Å². The second-order valence-corrected chi connectivity index (χ2v) is 7.20. The number of phosphoric acid groups is 1. The van der Waals surface area contributed by atoms with Gasteiger partial charge in [-0.2, -0.15) is 0 Å². The van der Waals surface area contributed by atoms with Gasteiger partial charge in [0.25, 0.3) is 5.56 Å². The molecule has 1 saturated heterocycles. The Kier molecular flexibility index (Phi) is 4.76. The first-order valence-electron chi connectivity index (χ1n) is 7.56. The molecule has 27 heavy (non-hydrogen) atoms. The van der Waals surface area contributed by atoms with Gasteiger partial charge in [-0.25, -0.2) is 18.7 Å². The Morgan fingerprint density at radius 1 is 1.22 bits per heavy atom. The van der Waals surface area contributed by atoms with Gasteiger partial charge in [-0.1, -0.05) is 0 Å². The number of aliphatic hydroxyl groups excluding tert-OH is 2. The second-order valence-electron chi connectivity index (χ2n) is 6.00. The molecule has 1 aliphatic heterocycles. The molecule has 0 bridgehead atoms. The molecule has 0 radical (unpaired) electrons. The molecule has 0 spiro atoms. The first-order chi connectivity index (χ1) is 12.5. The zero-order valence-corrected chi connectivity index (χ0v) is 14.9. The van der Waals surface area contributed by atoms with Crippen LogP contribution in [0.2, 0.25) is 0 Å². The number of hydrogen-bond donors (Lipinski definition) is 5. The summed E-state index contributed by atoms with van der Waals surface area (Å²) in [6.45, 7) is -0.782. The lowest BCUT2D eigenvalue weighted by molar-refractivity contribution is -0.0525. The molecule has 150 valence electrons. The lowest BCUT2D eigenvalue weighted by Crippen LogP contribution is -2.39. The summed E-state index contributed by atoms with van der Waals surface area (Å²) in [5, 5.41) is 19.8. The van der Waals surface area contributed by atoms with E-state index in [1.54, 1.807) is 0 Å². The Labute approximate surface area is 149 Å². The lowest BCUT2D eigenvalue weighted by Gasteiger charge is -2.20. The van der Waals surface area contributed by atoms with Gasteiger partial charge in [-0.05, 0) is 0 Å². The smallest absolute Gasteiger partial charge is 0.394 e. The number of phosphoric ester groups is 1. The fourth-order valence-corrected chi connectivity index (χ4v) is 3.67. The van der Waals surface area contributed by atoms with Crippen molar-refractivity contribution in [3.63, 3.8) is 0 Å². The lowest BCUT2D eigenvalue weighted by atomic mass is 10.1. The minimum atomic E-state index is -5.05. The predicted molar refractivity (Wildman–Crippen MR) is 87.0 cm³/mol. The molecule has 0 amide bonds. The quantitative estimate of drug-likeness (QED) is 0.316. The summed E-state index contributed by atoms with van der Waals surface area (Å²) in [7, 11) is -2.56. The maximum absolute atomic E-state index is 12.4. The van der Waals surface area contributed by atoms with Crippen molar-refractivity contribution in [2.24, 2.45) is 14.1 Å². The van der Waals surface area contributed by atoms with Crippen LogP contribution in [0.4, 0.5) is 0 Å². The van der Waals surface area contributed by atoms with Gasteiger partial charge in [-0.3, -0.25) is 23.4 Å². The third-order valence-corrected chi connectivity index (χ3v) is 4.83. The molecule has 0 aromatic carbocycles. The van der Waals surface area contributed by atoms with Gasteiger partial charge in [0, 0.05) is 14.1 Å². The van der Waals surface area contributed by atoms with Crippen LogP contribution in [0.25, 0.3) is 11.2 Å². The van der Waals surface area contributed by atoms with Gasteiger partial charge >= 0.3 is 19.2 Å². The molecule has 0 saturated carbocycles. The molecule has 1 aliphatic rings. The van der Waals surface area contributed by atoms with E-state index in [1.165, 1.54) is 14.1 Å². The topological polar surface area (TPSA) is 198 Å². The first-order valence-corrected chi connectivity index (χ1v) is 9.09. The first kappa shape index (κ1) is 19.7.